The van der Waals surface area contributed by atoms with E-state index in [1.54, 1.807) is 0 Å². The predicted molar refractivity (Wildman–Crippen MR) is 106 cm³/mol. The number of carbonyl (C=O) groups is 1. The molecular formula is C22H22F2N4O. The quantitative estimate of drug-likeness (QED) is 0.666. The van der Waals surface area contributed by atoms with Gasteiger partial charge in [0.05, 0.1) is 29.9 Å². The number of nitrogens with one attached hydrogen (secondary N) is 1. The molecule has 1 aromatic heterocycles. The number of hydrogen-bond donors (Lipinski definition) is 1. The second-order valence-corrected chi connectivity index (χ2v) is 7.10. The highest BCUT2D eigenvalue weighted by Crippen LogP contribution is 2.25. The second kappa shape index (κ2) is 8.39. The number of carbonyl (C=O) groups excluding carboxylic acids is 1. The fourth-order valence-electron chi connectivity index (χ4n) is 3.48. The zero-order valence-electron chi connectivity index (χ0n) is 16.5. The summed E-state index contributed by atoms with van der Waals surface area (Å²) in [6, 6.07) is 10.2. The number of fused-ring (bicyclic) bond motifs is 1. The van der Waals surface area contributed by atoms with Gasteiger partial charge >= 0.3 is 0 Å². The first-order valence-electron chi connectivity index (χ1n) is 9.44. The number of imidazole rings is 1. The molecule has 150 valence electrons. The van der Waals surface area contributed by atoms with Gasteiger partial charge in [-0.15, -0.1) is 0 Å². The van der Waals surface area contributed by atoms with Crippen molar-refractivity contribution in [3.05, 3.63) is 65.0 Å². The van der Waals surface area contributed by atoms with Crippen molar-refractivity contribution in [2.45, 2.75) is 45.7 Å². The van der Waals surface area contributed by atoms with Gasteiger partial charge in [-0.25, -0.2) is 13.8 Å². The molecule has 1 heterocycles. The maximum atomic E-state index is 14.1. The van der Waals surface area contributed by atoms with Gasteiger partial charge in [-0.05, 0) is 49.1 Å². The molecule has 0 spiro atoms. The van der Waals surface area contributed by atoms with E-state index in [9.17, 15) is 18.8 Å². The molecule has 3 rings (SSSR count). The first-order valence-corrected chi connectivity index (χ1v) is 9.44. The fraction of sp³-hybridized carbons (Fsp3) is 0.318. The average Bonchev–Trinajstić information content (AvgIpc) is 3.09. The molecule has 2 unspecified atom stereocenters. The lowest BCUT2D eigenvalue weighted by molar-refractivity contribution is -0.122. The summed E-state index contributed by atoms with van der Waals surface area (Å²) < 4.78 is 28.9. The minimum absolute atomic E-state index is 0.0323. The molecule has 2 atom stereocenters. The van der Waals surface area contributed by atoms with Crippen molar-refractivity contribution in [2.24, 2.45) is 0 Å². The van der Waals surface area contributed by atoms with Crippen molar-refractivity contribution in [3.8, 4) is 6.07 Å². The molecule has 5 nitrogen and oxygen atoms in total. The van der Waals surface area contributed by atoms with Gasteiger partial charge in [-0.2, -0.15) is 5.26 Å². The number of hydrogen-bond acceptors (Lipinski definition) is 3. The third-order valence-electron chi connectivity index (χ3n) is 5.10. The number of aryl methyl sites for hydroxylation is 1. The van der Waals surface area contributed by atoms with Crippen LogP contribution < -0.4 is 5.32 Å². The highest BCUT2D eigenvalue weighted by Gasteiger charge is 2.17. The molecular weight excluding hydrogens is 374 g/mol. The number of benzene rings is 2. The molecule has 0 aliphatic rings. The summed E-state index contributed by atoms with van der Waals surface area (Å²) in [6.45, 7) is 5.59. The second-order valence-electron chi connectivity index (χ2n) is 7.10. The van der Waals surface area contributed by atoms with Crippen LogP contribution in [0.25, 0.3) is 11.0 Å². The minimum atomic E-state index is -1.02. The van der Waals surface area contributed by atoms with E-state index in [1.165, 1.54) is 17.0 Å². The molecule has 0 bridgehead atoms. The zero-order chi connectivity index (χ0) is 21.1. The largest absolute Gasteiger partial charge is 0.348 e. The fourth-order valence-corrected chi connectivity index (χ4v) is 3.48. The van der Waals surface area contributed by atoms with Gasteiger partial charge in [-0.1, -0.05) is 25.1 Å². The minimum Gasteiger partial charge on any atom is -0.348 e. The molecule has 0 fully saturated rings. The van der Waals surface area contributed by atoms with Gasteiger partial charge in [0.2, 0.25) is 5.91 Å². The number of aromatic nitrogens is 2. The summed E-state index contributed by atoms with van der Waals surface area (Å²) in [6.07, 6.45) is 2.06. The van der Waals surface area contributed by atoms with Crippen molar-refractivity contribution >= 4 is 16.9 Å². The van der Waals surface area contributed by atoms with Crippen LogP contribution in [-0.4, -0.2) is 15.5 Å². The summed E-state index contributed by atoms with van der Waals surface area (Å²) in [5.74, 6) is -2.49. The number of nitrogens with zero attached hydrogens (tertiary/aromatic N) is 3. The van der Waals surface area contributed by atoms with Crippen LogP contribution in [0.1, 0.15) is 48.9 Å². The summed E-state index contributed by atoms with van der Waals surface area (Å²) in [7, 11) is 0. The lowest BCUT2D eigenvalue weighted by Gasteiger charge is -2.18. The van der Waals surface area contributed by atoms with E-state index < -0.39 is 11.6 Å². The van der Waals surface area contributed by atoms with Gasteiger partial charge in [-0.3, -0.25) is 4.79 Å². The van der Waals surface area contributed by atoms with Gasteiger partial charge in [0.25, 0.3) is 0 Å². The number of nitriles is 1. The number of amides is 1. The van der Waals surface area contributed by atoms with Crippen LogP contribution in [0, 0.1) is 29.9 Å². The van der Waals surface area contributed by atoms with Crippen LogP contribution in [0.15, 0.2) is 36.7 Å². The summed E-state index contributed by atoms with van der Waals surface area (Å²) in [5, 5.41) is 12.1. The Bertz CT molecular complexity index is 1100. The summed E-state index contributed by atoms with van der Waals surface area (Å²) in [5.41, 5.74) is 3.14. The molecule has 0 aliphatic heterocycles. The highest BCUT2D eigenvalue weighted by molar-refractivity contribution is 5.81. The topological polar surface area (TPSA) is 70.7 Å². The van der Waals surface area contributed by atoms with Gasteiger partial charge in [0, 0.05) is 0 Å². The molecule has 0 saturated heterocycles. The maximum absolute atomic E-state index is 14.1. The molecule has 7 heteroatoms. The van der Waals surface area contributed by atoms with Crippen LogP contribution >= 0.6 is 0 Å². The van der Waals surface area contributed by atoms with E-state index in [4.69, 9.17) is 0 Å². The monoisotopic (exact) mass is 396 g/mol. The Morgan fingerprint density at radius 3 is 2.72 bits per heavy atom. The first-order chi connectivity index (χ1) is 13.8. The Morgan fingerprint density at radius 1 is 1.31 bits per heavy atom. The average molecular weight is 396 g/mol. The molecule has 29 heavy (non-hydrogen) atoms. The Labute approximate surface area is 168 Å². The predicted octanol–water partition coefficient (Wildman–Crippen LogP) is 4.52. The molecule has 3 aromatic rings. The molecule has 0 radical (unpaired) electrons. The lowest BCUT2D eigenvalue weighted by atomic mass is 9.91. The van der Waals surface area contributed by atoms with Crippen molar-refractivity contribution in [1.29, 1.82) is 5.26 Å². The number of halogens is 2. The smallest absolute Gasteiger partial charge is 0.240 e. The van der Waals surface area contributed by atoms with E-state index in [0.29, 0.717) is 5.52 Å². The van der Waals surface area contributed by atoms with Crippen LogP contribution in [0.5, 0.6) is 0 Å². The van der Waals surface area contributed by atoms with Crippen molar-refractivity contribution < 1.29 is 13.6 Å². The van der Waals surface area contributed by atoms with Crippen LogP contribution in [0.4, 0.5) is 8.78 Å². The van der Waals surface area contributed by atoms with E-state index in [2.05, 4.69) is 16.4 Å². The van der Waals surface area contributed by atoms with Crippen molar-refractivity contribution in [3.63, 3.8) is 0 Å². The van der Waals surface area contributed by atoms with Gasteiger partial charge < -0.3 is 9.88 Å². The molecule has 0 saturated carbocycles. The third kappa shape index (κ3) is 4.11. The highest BCUT2D eigenvalue weighted by atomic mass is 19.2. The molecule has 2 aromatic carbocycles. The first kappa shape index (κ1) is 20.5. The Hall–Kier alpha value is -3.27. The van der Waals surface area contributed by atoms with E-state index in [0.717, 1.165) is 29.2 Å². The SMILES string of the molecule is CCC(C#N)c1ccc(C(C)NC(=O)Cn2cnc3ccc(F)c(F)c32)cc1C. The van der Waals surface area contributed by atoms with E-state index in [1.807, 2.05) is 39.0 Å². The Kier molecular flexibility index (Phi) is 5.92. The normalized spacial score (nSPS) is 13.1. The Morgan fingerprint density at radius 2 is 2.07 bits per heavy atom. The maximum Gasteiger partial charge on any atom is 0.240 e. The van der Waals surface area contributed by atoms with Gasteiger partial charge in [0.1, 0.15) is 12.1 Å². The van der Waals surface area contributed by atoms with Crippen LogP contribution in [0.3, 0.4) is 0 Å². The van der Waals surface area contributed by atoms with Crippen LogP contribution in [0.2, 0.25) is 0 Å². The van der Waals surface area contributed by atoms with Crippen molar-refractivity contribution in [2.75, 3.05) is 0 Å². The molecule has 0 aliphatic carbocycles. The third-order valence-corrected chi connectivity index (χ3v) is 5.10. The zero-order valence-corrected chi connectivity index (χ0v) is 16.5. The van der Waals surface area contributed by atoms with Crippen LogP contribution in [-0.2, 0) is 11.3 Å². The van der Waals surface area contributed by atoms with E-state index >= 15 is 0 Å². The standard InChI is InChI=1S/C22H22F2N4O/c1-4-15(10-25)17-6-5-16(9-13(17)2)14(3)27-20(29)11-28-12-26-19-8-7-18(23)21(24)22(19)28/h5-9,12,14-15H,4,11H2,1-3H3,(H,27,29). The van der Waals surface area contributed by atoms with Gasteiger partial charge in [0.15, 0.2) is 11.6 Å². The summed E-state index contributed by atoms with van der Waals surface area (Å²) >= 11 is 0. The Balaban J connectivity index is 1.74. The lowest BCUT2D eigenvalue weighted by Crippen LogP contribution is -2.30. The van der Waals surface area contributed by atoms with E-state index in [-0.39, 0.29) is 29.9 Å². The molecule has 1 N–H and O–H groups in total. The van der Waals surface area contributed by atoms with Crippen molar-refractivity contribution in [1.82, 2.24) is 14.9 Å². The summed E-state index contributed by atoms with van der Waals surface area (Å²) in [4.78, 5) is 16.5. The molecule has 1 amide bonds. The number of rotatable bonds is 6.